The monoisotopic (exact) mass is 262 g/mol. The molecule has 102 valence electrons. The van der Waals surface area contributed by atoms with Crippen molar-refractivity contribution in [3.05, 3.63) is 41.8 Å². The Kier molecular flexibility index (Phi) is 4.80. The van der Waals surface area contributed by atoms with Gasteiger partial charge >= 0.3 is 0 Å². The first kappa shape index (κ1) is 13.4. The van der Waals surface area contributed by atoms with Gasteiger partial charge < -0.3 is 19.3 Å². The molecule has 2 rings (SSSR count). The van der Waals surface area contributed by atoms with Crippen LogP contribution in [0.2, 0.25) is 0 Å². The molecule has 1 aromatic heterocycles. The number of hydrogen-bond acceptors (Lipinski definition) is 5. The van der Waals surface area contributed by atoms with Gasteiger partial charge in [0.1, 0.15) is 6.61 Å². The molecule has 0 fully saturated rings. The first-order chi connectivity index (χ1) is 9.35. The lowest BCUT2D eigenvalue weighted by atomic mass is 10.2. The van der Waals surface area contributed by atoms with Crippen LogP contribution in [-0.2, 0) is 13.2 Å². The Bertz CT molecular complexity index is 473. The Labute approximate surface area is 112 Å². The third-order valence-corrected chi connectivity index (χ3v) is 2.58. The SMILES string of the molecule is CCOc1cccc(CNC)c1OCc1ccno1. The second-order valence-corrected chi connectivity index (χ2v) is 3.98. The molecule has 0 unspecified atom stereocenters. The quantitative estimate of drug-likeness (QED) is 0.830. The minimum Gasteiger partial charge on any atom is -0.490 e. The summed E-state index contributed by atoms with van der Waals surface area (Å²) in [7, 11) is 1.90. The Hall–Kier alpha value is -2.01. The van der Waals surface area contributed by atoms with Crippen LogP contribution in [0.3, 0.4) is 0 Å². The first-order valence-electron chi connectivity index (χ1n) is 6.26. The number of rotatable bonds is 7. The first-order valence-corrected chi connectivity index (χ1v) is 6.26. The van der Waals surface area contributed by atoms with Gasteiger partial charge in [0.05, 0.1) is 12.8 Å². The number of nitrogens with zero attached hydrogens (tertiary/aromatic N) is 1. The number of nitrogens with one attached hydrogen (secondary N) is 1. The molecule has 0 radical (unpaired) electrons. The van der Waals surface area contributed by atoms with Crippen LogP contribution in [0, 0.1) is 0 Å². The van der Waals surface area contributed by atoms with Crippen LogP contribution in [0.4, 0.5) is 0 Å². The highest BCUT2D eigenvalue weighted by atomic mass is 16.5. The number of benzene rings is 1. The summed E-state index contributed by atoms with van der Waals surface area (Å²) in [6, 6.07) is 7.65. The maximum Gasteiger partial charge on any atom is 0.174 e. The van der Waals surface area contributed by atoms with Crippen molar-refractivity contribution in [3.8, 4) is 11.5 Å². The van der Waals surface area contributed by atoms with Crippen LogP contribution in [0.25, 0.3) is 0 Å². The lowest BCUT2D eigenvalue weighted by Crippen LogP contribution is -2.09. The van der Waals surface area contributed by atoms with Gasteiger partial charge in [-0.1, -0.05) is 17.3 Å². The number of para-hydroxylation sites is 1. The fraction of sp³-hybridized carbons (Fsp3) is 0.357. The Morgan fingerprint density at radius 2 is 2.16 bits per heavy atom. The molecule has 1 N–H and O–H groups in total. The molecule has 0 amide bonds. The van der Waals surface area contributed by atoms with Crippen molar-refractivity contribution in [2.24, 2.45) is 0 Å². The largest absolute Gasteiger partial charge is 0.490 e. The number of hydrogen-bond donors (Lipinski definition) is 1. The molecule has 0 bridgehead atoms. The van der Waals surface area contributed by atoms with E-state index in [-0.39, 0.29) is 0 Å². The van der Waals surface area contributed by atoms with Gasteiger partial charge in [-0.3, -0.25) is 0 Å². The molecule has 1 aromatic carbocycles. The number of aromatic nitrogens is 1. The molecule has 2 aromatic rings. The fourth-order valence-electron chi connectivity index (χ4n) is 1.78. The third-order valence-electron chi connectivity index (χ3n) is 2.58. The van der Waals surface area contributed by atoms with Crippen LogP contribution < -0.4 is 14.8 Å². The van der Waals surface area contributed by atoms with E-state index >= 15 is 0 Å². The molecular formula is C14H18N2O3. The van der Waals surface area contributed by atoms with Crippen molar-refractivity contribution in [2.45, 2.75) is 20.1 Å². The summed E-state index contributed by atoms with van der Waals surface area (Å²) in [4.78, 5) is 0. The predicted molar refractivity (Wildman–Crippen MR) is 71.2 cm³/mol. The summed E-state index contributed by atoms with van der Waals surface area (Å²) < 4.78 is 16.4. The van der Waals surface area contributed by atoms with E-state index in [4.69, 9.17) is 14.0 Å². The Balaban J connectivity index is 2.18. The van der Waals surface area contributed by atoms with Gasteiger partial charge in [0.25, 0.3) is 0 Å². The van der Waals surface area contributed by atoms with E-state index in [1.807, 2.05) is 32.2 Å². The predicted octanol–water partition coefficient (Wildman–Crippen LogP) is 2.37. The average Bonchev–Trinajstić information content (AvgIpc) is 2.92. The summed E-state index contributed by atoms with van der Waals surface area (Å²) in [5, 5.41) is 6.77. The van der Waals surface area contributed by atoms with Crippen LogP contribution in [0.5, 0.6) is 11.5 Å². The van der Waals surface area contributed by atoms with E-state index in [0.29, 0.717) is 25.5 Å². The van der Waals surface area contributed by atoms with E-state index in [1.165, 1.54) is 0 Å². The van der Waals surface area contributed by atoms with Crippen LogP contribution >= 0.6 is 0 Å². The lowest BCUT2D eigenvalue weighted by molar-refractivity contribution is 0.231. The summed E-state index contributed by atoms with van der Waals surface area (Å²) >= 11 is 0. The topological polar surface area (TPSA) is 56.5 Å². The third kappa shape index (κ3) is 3.48. The van der Waals surface area contributed by atoms with Crippen molar-refractivity contribution in [2.75, 3.05) is 13.7 Å². The van der Waals surface area contributed by atoms with Crippen molar-refractivity contribution >= 4 is 0 Å². The van der Waals surface area contributed by atoms with E-state index in [0.717, 1.165) is 17.1 Å². The standard InChI is InChI=1S/C14H18N2O3/c1-3-17-13-6-4-5-11(9-15-2)14(13)18-10-12-7-8-16-19-12/h4-8,15H,3,9-10H2,1-2H3. The molecule has 5 nitrogen and oxygen atoms in total. The summed E-state index contributed by atoms with van der Waals surface area (Å²) in [6.07, 6.45) is 1.60. The maximum absolute atomic E-state index is 5.82. The Morgan fingerprint density at radius 1 is 1.26 bits per heavy atom. The van der Waals surface area contributed by atoms with Crippen molar-refractivity contribution in [3.63, 3.8) is 0 Å². The zero-order chi connectivity index (χ0) is 13.5. The second-order valence-electron chi connectivity index (χ2n) is 3.98. The maximum atomic E-state index is 5.82. The zero-order valence-electron chi connectivity index (χ0n) is 11.2. The highest BCUT2D eigenvalue weighted by molar-refractivity contribution is 5.46. The Morgan fingerprint density at radius 3 is 2.84 bits per heavy atom. The summed E-state index contributed by atoms with van der Waals surface area (Å²) in [6.45, 7) is 3.60. The van der Waals surface area contributed by atoms with Gasteiger partial charge in [0, 0.05) is 18.2 Å². The second kappa shape index (κ2) is 6.80. The molecular weight excluding hydrogens is 244 g/mol. The van der Waals surface area contributed by atoms with Gasteiger partial charge in [-0.25, -0.2) is 0 Å². The van der Waals surface area contributed by atoms with Gasteiger partial charge in [-0.05, 0) is 20.0 Å². The summed E-state index contributed by atoms with van der Waals surface area (Å²) in [5.41, 5.74) is 1.05. The van der Waals surface area contributed by atoms with Gasteiger partial charge in [-0.2, -0.15) is 0 Å². The molecule has 5 heteroatoms. The van der Waals surface area contributed by atoms with Crippen LogP contribution in [0.1, 0.15) is 18.2 Å². The van der Waals surface area contributed by atoms with Crippen LogP contribution in [-0.4, -0.2) is 18.8 Å². The van der Waals surface area contributed by atoms with Gasteiger partial charge in [0.2, 0.25) is 0 Å². The minimum absolute atomic E-state index is 0.334. The molecule has 0 saturated carbocycles. The van der Waals surface area contributed by atoms with Crippen LogP contribution in [0.15, 0.2) is 35.0 Å². The molecule has 1 heterocycles. The normalized spacial score (nSPS) is 10.4. The average molecular weight is 262 g/mol. The van der Waals surface area contributed by atoms with E-state index in [9.17, 15) is 0 Å². The van der Waals surface area contributed by atoms with Crippen molar-refractivity contribution < 1.29 is 14.0 Å². The highest BCUT2D eigenvalue weighted by Gasteiger charge is 2.11. The smallest absolute Gasteiger partial charge is 0.174 e. The molecule has 19 heavy (non-hydrogen) atoms. The van der Waals surface area contributed by atoms with E-state index in [2.05, 4.69) is 10.5 Å². The van der Waals surface area contributed by atoms with Gasteiger partial charge in [0.15, 0.2) is 17.3 Å². The summed E-state index contributed by atoms with van der Waals surface area (Å²) in [5.74, 6) is 2.17. The van der Waals surface area contributed by atoms with Crippen molar-refractivity contribution in [1.82, 2.24) is 10.5 Å². The van der Waals surface area contributed by atoms with Crippen molar-refractivity contribution in [1.29, 1.82) is 0 Å². The lowest BCUT2D eigenvalue weighted by Gasteiger charge is -2.15. The fourth-order valence-corrected chi connectivity index (χ4v) is 1.78. The number of ether oxygens (including phenoxy) is 2. The molecule has 0 saturated heterocycles. The van der Waals surface area contributed by atoms with E-state index < -0.39 is 0 Å². The molecule has 0 aliphatic heterocycles. The molecule has 0 aliphatic rings. The minimum atomic E-state index is 0.334. The molecule has 0 aliphatic carbocycles. The molecule has 0 spiro atoms. The zero-order valence-corrected chi connectivity index (χ0v) is 11.2. The van der Waals surface area contributed by atoms with Gasteiger partial charge in [-0.15, -0.1) is 0 Å². The van der Waals surface area contributed by atoms with E-state index in [1.54, 1.807) is 12.3 Å². The highest BCUT2D eigenvalue weighted by Crippen LogP contribution is 2.32. The molecule has 0 atom stereocenters.